The van der Waals surface area contributed by atoms with E-state index in [1.165, 1.54) is 11.5 Å². The zero-order valence-electron chi connectivity index (χ0n) is 10.1. The average Bonchev–Trinajstić information content (AvgIpc) is 2.97. The number of nitrogens with zero attached hydrogens (tertiary/aromatic N) is 1. The quantitative estimate of drug-likeness (QED) is 0.671. The van der Waals surface area contributed by atoms with Gasteiger partial charge >= 0.3 is 5.97 Å². The summed E-state index contributed by atoms with van der Waals surface area (Å²) in [6.07, 6.45) is 0. The number of hydrogen-bond donors (Lipinski definition) is 1. The van der Waals surface area contributed by atoms with Crippen molar-refractivity contribution >= 4 is 23.4 Å². The summed E-state index contributed by atoms with van der Waals surface area (Å²) in [4.78, 5) is 24.3. The van der Waals surface area contributed by atoms with Crippen LogP contribution < -0.4 is 10.1 Å². The van der Waals surface area contributed by atoms with Crippen molar-refractivity contribution in [3.63, 3.8) is 0 Å². The van der Waals surface area contributed by atoms with Crippen LogP contribution in [0.25, 0.3) is 0 Å². The summed E-state index contributed by atoms with van der Waals surface area (Å²) in [7, 11) is 0. The van der Waals surface area contributed by atoms with Crippen molar-refractivity contribution in [1.82, 2.24) is 9.69 Å². The predicted molar refractivity (Wildman–Crippen MR) is 69.4 cm³/mol. The SMILES string of the molecule is Cc1cc(C(=O)Oc2ccc3c(c2)C(=O)NC3)ns1. The molecular formula is C13H10N2O3S. The Kier molecular flexibility index (Phi) is 2.79. The molecule has 1 aliphatic rings. The largest absolute Gasteiger partial charge is 0.422 e. The fourth-order valence-corrected chi connectivity index (χ4v) is 2.41. The van der Waals surface area contributed by atoms with Crippen LogP contribution in [-0.2, 0) is 6.54 Å². The summed E-state index contributed by atoms with van der Waals surface area (Å²) in [5.74, 6) is -0.299. The van der Waals surface area contributed by atoms with Crippen LogP contribution in [0.1, 0.15) is 31.3 Å². The molecule has 0 atom stereocenters. The third-order valence-electron chi connectivity index (χ3n) is 2.81. The van der Waals surface area contributed by atoms with E-state index in [0.29, 0.717) is 17.9 Å². The van der Waals surface area contributed by atoms with E-state index in [0.717, 1.165) is 10.4 Å². The Hall–Kier alpha value is -2.21. The molecule has 0 spiro atoms. The van der Waals surface area contributed by atoms with Crippen molar-refractivity contribution < 1.29 is 14.3 Å². The molecule has 19 heavy (non-hydrogen) atoms. The molecule has 1 amide bonds. The number of rotatable bonds is 2. The molecule has 6 heteroatoms. The van der Waals surface area contributed by atoms with Gasteiger partial charge in [0.25, 0.3) is 5.91 Å². The van der Waals surface area contributed by atoms with E-state index in [4.69, 9.17) is 4.74 Å². The molecule has 0 aliphatic carbocycles. The van der Waals surface area contributed by atoms with Gasteiger partial charge in [0, 0.05) is 17.0 Å². The molecule has 0 bridgehead atoms. The first-order valence-electron chi connectivity index (χ1n) is 5.70. The number of carbonyl (C=O) groups is 2. The van der Waals surface area contributed by atoms with Crippen LogP contribution in [0.4, 0.5) is 0 Å². The summed E-state index contributed by atoms with van der Waals surface area (Å²) in [5.41, 5.74) is 1.75. The maximum absolute atomic E-state index is 11.8. The summed E-state index contributed by atoms with van der Waals surface area (Å²) >= 11 is 1.25. The number of carbonyl (C=O) groups excluding carboxylic acids is 2. The van der Waals surface area contributed by atoms with Gasteiger partial charge in [-0.25, -0.2) is 4.79 Å². The smallest absolute Gasteiger partial charge is 0.363 e. The molecule has 0 saturated heterocycles. The molecular weight excluding hydrogens is 264 g/mol. The highest BCUT2D eigenvalue weighted by Crippen LogP contribution is 2.22. The molecule has 0 radical (unpaired) electrons. The molecule has 5 nitrogen and oxygen atoms in total. The molecule has 3 rings (SSSR count). The summed E-state index contributed by atoms with van der Waals surface area (Å²) in [5, 5.41) is 2.71. The zero-order chi connectivity index (χ0) is 13.4. The Morgan fingerprint density at radius 1 is 1.42 bits per heavy atom. The number of esters is 1. The molecule has 0 fully saturated rings. The first kappa shape index (κ1) is 11.9. The van der Waals surface area contributed by atoms with Crippen LogP contribution in [0.3, 0.4) is 0 Å². The van der Waals surface area contributed by atoms with Gasteiger partial charge in [0.05, 0.1) is 0 Å². The number of nitrogens with one attached hydrogen (secondary N) is 1. The van der Waals surface area contributed by atoms with Crippen LogP contribution in [0, 0.1) is 6.92 Å². The van der Waals surface area contributed by atoms with Crippen LogP contribution in [0.15, 0.2) is 24.3 Å². The van der Waals surface area contributed by atoms with E-state index >= 15 is 0 Å². The van der Waals surface area contributed by atoms with Crippen molar-refractivity contribution in [2.75, 3.05) is 0 Å². The van der Waals surface area contributed by atoms with Gasteiger partial charge in [0.2, 0.25) is 0 Å². The van der Waals surface area contributed by atoms with E-state index in [1.54, 1.807) is 24.3 Å². The van der Waals surface area contributed by atoms with Crippen LogP contribution in [0.2, 0.25) is 0 Å². The maximum atomic E-state index is 11.8. The second kappa shape index (κ2) is 4.47. The number of aromatic nitrogens is 1. The van der Waals surface area contributed by atoms with Crippen LogP contribution in [-0.4, -0.2) is 16.3 Å². The minimum absolute atomic E-state index is 0.141. The van der Waals surface area contributed by atoms with Crippen molar-refractivity contribution in [3.05, 3.63) is 46.0 Å². The Balaban J connectivity index is 1.82. The Labute approximate surface area is 113 Å². The molecule has 0 saturated carbocycles. The lowest BCUT2D eigenvalue weighted by Gasteiger charge is -2.03. The lowest BCUT2D eigenvalue weighted by atomic mass is 10.1. The topological polar surface area (TPSA) is 68.3 Å². The molecule has 0 unspecified atom stereocenters. The van der Waals surface area contributed by atoms with Gasteiger partial charge in [-0.05, 0) is 42.2 Å². The van der Waals surface area contributed by atoms with E-state index in [1.807, 2.05) is 6.92 Å². The molecule has 96 valence electrons. The van der Waals surface area contributed by atoms with Gasteiger partial charge in [0.15, 0.2) is 5.69 Å². The second-order valence-corrected chi connectivity index (χ2v) is 5.22. The fourth-order valence-electron chi connectivity index (χ4n) is 1.88. The second-order valence-electron chi connectivity index (χ2n) is 4.21. The highest BCUT2D eigenvalue weighted by molar-refractivity contribution is 7.05. The third-order valence-corrected chi connectivity index (χ3v) is 3.51. The average molecular weight is 274 g/mol. The predicted octanol–water partition coefficient (Wildman–Crippen LogP) is 1.91. The maximum Gasteiger partial charge on any atom is 0.363 e. The number of aryl methyl sites for hydroxylation is 1. The molecule has 2 heterocycles. The lowest BCUT2D eigenvalue weighted by Crippen LogP contribution is -2.12. The summed E-state index contributed by atoms with van der Waals surface area (Å²) in [6.45, 7) is 2.39. The normalized spacial score (nSPS) is 13.0. The Morgan fingerprint density at radius 3 is 3.00 bits per heavy atom. The molecule has 1 N–H and O–H groups in total. The first-order valence-corrected chi connectivity index (χ1v) is 6.47. The van der Waals surface area contributed by atoms with Gasteiger partial charge in [-0.15, -0.1) is 0 Å². The van der Waals surface area contributed by atoms with Crippen molar-refractivity contribution in [2.24, 2.45) is 0 Å². The van der Waals surface area contributed by atoms with Gasteiger partial charge in [-0.3, -0.25) is 4.79 Å². The van der Waals surface area contributed by atoms with E-state index < -0.39 is 5.97 Å². The van der Waals surface area contributed by atoms with E-state index in [9.17, 15) is 9.59 Å². The van der Waals surface area contributed by atoms with E-state index in [-0.39, 0.29) is 11.6 Å². The minimum Gasteiger partial charge on any atom is -0.422 e. The lowest BCUT2D eigenvalue weighted by molar-refractivity contribution is 0.0728. The zero-order valence-corrected chi connectivity index (χ0v) is 10.9. The minimum atomic E-state index is -0.511. The van der Waals surface area contributed by atoms with Gasteiger partial charge < -0.3 is 10.1 Å². The van der Waals surface area contributed by atoms with Crippen molar-refractivity contribution in [2.45, 2.75) is 13.5 Å². The van der Waals surface area contributed by atoms with Crippen molar-refractivity contribution in [3.8, 4) is 5.75 Å². The third kappa shape index (κ3) is 2.22. The highest BCUT2D eigenvalue weighted by Gasteiger charge is 2.20. The van der Waals surface area contributed by atoms with Crippen LogP contribution >= 0.6 is 11.5 Å². The van der Waals surface area contributed by atoms with Gasteiger partial charge in [-0.1, -0.05) is 6.07 Å². The number of hydrogen-bond acceptors (Lipinski definition) is 5. The molecule has 1 aromatic heterocycles. The van der Waals surface area contributed by atoms with Gasteiger partial charge in [-0.2, -0.15) is 4.37 Å². The highest BCUT2D eigenvalue weighted by atomic mass is 32.1. The summed E-state index contributed by atoms with van der Waals surface area (Å²) in [6, 6.07) is 6.71. The van der Waals surface area contributed by atoms with Gasteiger partial charge in [0.1, 0.15) is 5.75 Å². The molecule has 1 aliphatic heterocycles. The number of benzene rings is 1. The Bertz CT molecular complexity index is 678. The first-order chi connectivity index (χ1) is 9.13. The summed E-state index contributed by atoms with van der Waals surface area (Å²) < 4.78 is 9.20. The number of amides is 1. The molecule has 2 aromatic rings. The van der Waals surface area contributed by atoms with E-state index in [2.05, 4.69) is 9.69 Å². The van der Waals surface area contributed by atoms with Crippen LogP contribution in [0.5, 0.6) is 5.75 Å². The number of fused-ring (bicyclic) bond motifs is 1. The fraction of sp³-hybridized carbons (Fsp3) is 0.154. The Morgan fingerprint density at radius 2 is 2.26 bits per heavy atom. The van der Waals surface area contributed by atoms with Crippen molar-refractivity contribution in [1.29, 1.82) is 0 Å². The standard InChI is InChI=1S/C13H10N2O3S/c1-7-4-11(15-19-7)13(17)18-9-3-2-8-6-14-12(16)10(8)5-9/h2-5H,6H2,1H3,(H,14,16). The monoisotopic (exact) mass is 274 g/mol. The number of ether oxygens (including phenoxy) is 1. The molecule has 1 aromatic carbocycles.